The zero-order chi connectivity index (χ0) is 27.1. The summed E-state index contributed by atoms with van der Waals surface area (Å²) in [5, 5.41) is 2.11. The molecular weight excluding hydrogens is 526 g/mol. The zero-order valence-corrected chi connectivity index (χ0v) is 24.0. The number of aryl methyl sites for hydroxylation is 1. The van der Waals surface area contributed by atoms with Crippen molar-refractivity contribution in [2.45, 2.75) is 50.5 Å². The van der Waals surface area contributed by atoms with Crippen molar-refractivity contribution in [2.24, 2.45) is 4.99 Å². The monoisotopic (exact) mass is 561 g/mol. The summed E-state index contributed by atoms with van der Waals surface area (Å²) in [4.78, 5) is 6.21. The van der Waals surface area contributed by atoms with E-state index in [1.807, 2.05) is 49.4 Å². The molecule has 1 aliphatic rings. The van der Waals surface area contributed by atoms with E-state index in [1.165, 1.54) is 5.56 Å². The van der Waals surface area contributed by atoms with Crippen LogP contribution in [0, 0.1) is 0 Å². The van der Waals surface area contributed by atoms with Crippen molar-refractivity contribution in [3.63, 3.8) is 0 Å². The number of aromatic nitrogens is 1. The number of sulfonamides is 1. The predicted molar refractivity (Wildman–Crippen MR) is 158 cm³/mol. The molecule has 0 spiro atoms. The van der Waals surface area contributed by atoms with Gasteiger partial charge in [-0.25, -0.2) is 13.4 Å². The summed E-state index contributed by atoms with van der Waals surface area (Å²) in [6.45, 7) is 4.56. The van der Waals surface area contributed by atoms with Crippen LogP contribution < -0.4 is 9.54 Å². The van der Waals surface area contributed by atoms with Gasteiger partial charge in [-0.2, -0.15) is 4.31 Å². The minimum absolute atomic E-state index is 0.360. The highest BCUT2D eigenvalue weighted by Crippen LogP contribution is 2.26. The van der Waals surface area contributed by atoms with Crippen molar-refractivity contribution >= 4 is 27.0 Å². The summed E-state index contributed by atoms with van der Waals surface area (Å²) in [5.41, 5.74) is 4.12. The van der Waals surface area contributed by atoms with Gasteiger partial charge in [-0.3, -0.25) is 0 Å². The Kier molecular flexibility index (Phi) is 8.96. The van der Waals surface area contributed by atoms with E-state index < -0.39 is 10.0 Å². The molecule has 0 saturated carbocycles. The Morgan fingerprint density at radius 1 is 0.872 bits per heavy atom. The molecule has 39 heavy (non-hydrogen) atoms. The number of benzene rings is 3. The number of hydrogen-bond donors (Lipinski definition) is 0. The molecule has 6 nitrogen and oxygen atoms in total. The molecule has 0 atom stereocenters. The summed E-state index contributed by atoms with van der Waals surface area (Å²) in [6.07, 6.45) is 4.90. The topological polar surface area (TPSA) is 63.9 Å². The van der Waals surface area contributed by atoms with Crippen LogP contribution in [-0.4, -0.2) is 37.0 Å². The van der Waals surface area contributed by atoms with Crippen LogP contribution in [0.4, 0.5) is 5.69 Å². The van der Waals surface area contributed by atoms with Crippen LogP contribution in [0.2, 0.25) is 0 Å². The lowest BCUT2D eigenvalue weighted by Crippen LogP contribution is -2.31. The van der Waals surface area contributed by atoms with E-state index in [9.17, 15) is 8.42 Å². The van der Waals surface area contributed by atoms with E-state index in [4.69, 9.17) is 9.73 Å². The Hall–Kier alpha value is -3.20. The standard InChI is InChI=1S/C31H35N3O3S2/c1-2-37-28-16-14-27(15-17-28)32-31-34(23-20-25-10-6-5-7-11-25)30(24-38-31)26-12-18-29(19-13-26)39(35,36)33-21-8-3-4-9-22-33/h5-7,10-19,24H,2-4,8-9,20-23H2,1H3. The third-order valence-corrected chi connectivity index (χ3v) is 9.77. The summed E-state index contributed by atoms with van der Waals surface area (Å²) < 4.78 is 36.0. The maximum absolute atomic E-state index is 13.3. The molecule has 1 aliphatic heterocycles. The highest BCUT2D eigenvalue weighted by Gasteiger charge is 2.25. The van der Waals surface area contributed by atoms with Gasteiger partial charge in [0.15, 0.2) is 4.80 Å². The molecule has 1 saturated heterocycles. The number of thiazole rings is 1. The van der Waals surface area contributed by atoms with Crippen molar-refractivity contribution in [3.8, 4) is 17.0 Å². The van der Waals surface area contributed by atoms with Crippen LogP contribution in [0.5, 0.6) is 5.75 Å². The molecular formula is C31H35N3O3S2. The highest BCUT2D eigenvalue weighted by atomic mass is 32.2. The van der Waals surface area contributed by atoms with E-state index in [0.29, 0.717) is 24.6 Å². The number of rotatable bonds is 9. The van der Waals surface area contributed by atoms with Gasteiger partial charge in [-0.05, 0) is 73.7 Å². The second-order valence-corrected chi connectivity index (χ2v) is 12.4. The van der Waals surface area contributed by atoms with Crippen LogP contribution in [-0.2, 0) is 23.0 Å². The van der Waals surface area contributed by atoms with Crippen LogP contribution >= 0.6 is 11.3 Å². The molecule has 0 aliphatic carbocycles. The molecule has 0 N–H and O–H groups in total. The molecule has 1 aromatic heterocycles. The lowest BCUT2D eigenvalue weighted by molar-refractivity contribution is 0.340. The third kappa shape index (κ3) is 6.69. The van der Waals surface area contributed by atoms with Crippen LogP contribution in [0.1, 0.15) is 38.2 Å². The largest absolute Gasteiger partial charge is 0.494 e. The minimum atomic E-state index is -3.48. The first-order chi connectivity index (χ1) is 19.0. The fraction of sp³-hybridized carbons (Fsp3) is 0.323. The van der Waals surface area contributed by atoms with E-state index in [2.05, 4.69) is 34.2 Å². The zero-order valence-electron chi connectivity index (χ0n) is 22.3. The summed E-state index contributed by atoms with van der Waals surface area (Å²) in [7, 11) is -3.48. The van der Waals surface area contributed by atoms with Crippen molar-refractivity contribution in [2.75, 3.05) is 19.7 Å². The lowest BCUT2D eigenvalue weighted by atomic mass is 10.1. The van der Waals surface area contributed by atoms with Gasteiger partial charge in [0.05, 0.1) is 22.9 Å². The fourth-order valence-electron chi connectivity index (χ4n) is 4.87. The van der Waals surface area contributed by atoms with Gasteiger partial charge in [0.2, 0.25) is 10.0 Å². The van der Waals surface area contributed by atoms with Gasteiger partial charge < -0.3 is 9.30 Å². The predicted octanol–water partition coefficient (Wildman–Crippen LogP) is 6.66. The normalized spacial score (nSPS) is 15.3. The van der Waals surface area contributed by atoms with Crippen LogP contribution in [0.3, 0.4) is 0 Å². The highest BCUT2D eigenvalue weighted by molar-refractivity contribution is 7.89. The molecule has 0 amide bonds. The van der Waals surface area contributed by atoms with Gasteiger partial charge >= 0.3 is 0 Å². The molecule has 0 radical (unpaired) electrons. The van der Waals surface area contributed by atoms with Crippen LogP contribution in [0.25, 0.3) is 11.3 Å². The average molecular weight is 562 g/mol. The summed E-state index contributed by atoms with van der Waals surface area (Å²) in [6, 6.07) is 25.6. The smallest absolute Gasteiger partial charge is 0.243 e. The van der Waals surface area contributed by atoms with Crippen molar-refractivity contribution < 1.29 is 13.2 Å². The molecule has 204 valence electrons. The van der Waals surface area contributed by atoms with E-state index in [-0.39, 0.29) is 0 Å². The van der Waals surface area contributed by atoms with E-state index in [1.54, 1.807) is 27.8 Å². The van der Waals surface area contributed by atoms with E-state index in [0.717, 1.165) is 66.1 Å². The van der Waals surface area contributed by atoms with Crippen LogP contribution in [0.15, 0.2) is 94.1 Å². The third-order valence-electron chi connectivity index (χ3n) is 6.99. The maximum Gasteiger partial charge on any atom is 0.243 e. The number of hydrogen-bond acceptors (Lipinski definition) is 5. The lowest BCUT2D eigenvalue weighted by Gasteiger charge is -2.20. The van der Waals surface area contributed by atoms with Gasteiger partial charge in [0.25, 0.3) is 0 Å². The Morgan fingerprint density at radius 3 is 2.23 bits per heavy atom. The SMILES string of the molecule is CCOc1ccc(N=c2scc(-c3ccc(S(=O)(=O)N4CCCCCC4)cc3)n2CCc2ccccc2)cc1. The van der Waals surface area contributed by atoms with Gasteiger partial charge in [-0.15, -0.1) is 11.3 Å². The molecule has 2 heterocycles. The Labute approximate surface area is 235 Å². The molecule has 1 fully saturated rings. The second kappa shape index (κ2) is 12.8. The second-order valence-electron chi connectivity index (χ2n) is 9.67. The number of nitrogens with zero attached hydrogens (tertiary/aromatic N) is 3. The first kappa shape index (κ1) is 27.4. The summed E-state index contributed by atoms with van der Waals surface area (Å²) >= 11 is 1.59. The maximum atomic E-state index is 13.3. The first-order valence-corrected chi connectivity index (χ1v) is 16.0. The molecule has 8 heteroatoms. The van der Waals surface area contributed by atoms with Gasteiger partial charge in [0, 0.05) is 25.0 Å². The number of ether oxygens (including phenoxy) is 1. The average Bonchev–Trinajstić information content (AvgIpc) is 3.15. The van der Waals surface area contributed by atoms with Gasteiger partial charge in [-0.1, -0.05) is 55.3 Å². The first-order valence-electron chi connectivity index (χ1n) is 13.6. The molecule has 4 aromatic rings. The quantitative estimate of drug-likeness (QED) is 0.230. The molecule has 0 bridgehead atoms. The Bertz CT molecular complexity index is 1520. The fourth-order valence-corrected chi connectivity index (χ4v) is 7.35. The molecule has 3 aromatic carbocycles. The Balaban J connectivity index is 1.46. The van der Waals surface area contributed by atoms with Crippen molar-refractivity contribution in [1.29, 1.82) is 0 Å². The Morgan fingerprint density at radius 2 is 1.56 bits per heavy atom. The van der Waals surface area contributed by atoms with E-state index >= 15 is 0 Å². The summed E-state index contributed by atoms with van der Waals surface area (Å²) in [5.74, 6) is 0.829. The van der Waals surface area contributed by atoms with Crippen molar-refractivity contribution in [1.82, 2.24) is 8.87 Å². The van der Waals surface area contributed by atoms with Crippen molar-refractivity contribution in [3.05, 3.63) is 94.6 Å². The molecule has 5 rings (SSSR count). The van der Waals surface area contributed by atoms with Gasteiger partial charge in [0.1, 0.15) is 5.75 Å². The minimum Gasteiger partial charge on any atom is -0.494 e. The molecule has 0 unspecified atom stereocenters.